The monoisotopic (exact) mass is 296 g/mol. The van der Waals surface area contributed by atoms with Gasteiger partial charge in [0, 0.05) is 0 Å². The molecule has 0 spiro atoms. The quantitative estimate of drug-likeness (QED) is 0.545. The highest BCUT2D eigenvalue weighted by Crippen LogP contribution is 2.41. The molecule has 0 unspecified atom stereocenters. The third-order valence-corrected chi connectivity index (χ3v) is 6.29. The van der Waals surface area contributed by atoms with Crippen LogP contribution in [0.4, 0.5) is 0 Å². The number of allylic oxidation sites excluding steroid dienone is 1. The lowest BCUT2D eigenvalue weighted by Crippen LogP contribution is -2.19. The highest BCUT2D eigenvalue weighted by molar-refractivity contribution is 5.24. The highest BCUT2D eigenvalue weighted by Gasteiger charge is 2.26. The zero-order chi connectivity index (χ0) is 15.4. The second kappa shape index (κ2) is 7.49. The SMILES string of the molecule is C=CC1CCC(CC2CCC(c3ccc(C)cc3)CC2)CC1. The molecule has 0 saturated heterocycles. The van der Waals surface area contributed by atoms with Crippen LogP contribution in [-0.2, 0) is 0 Å². The molecule has 0 radical (unpaired) electrons. The zero-order valence-corrected chi connectivity index (χ0v) is 14.3. The third kappa shape index (κ3) is 4.03. The fourth-order valence-corrected chi connectivity index (χ4v) is 4.70. The van der Waals surface area contributed by atoms with Crippen LogP contribution < -0.4 is 0 Å². The molecule has 1 aromatic rings. The van der Waals surface area contributed by atoms with E-state index in [4.69, 9.17) is 0 Å². The number of hydrogen-bond acceptors (Lipinski definition) is 0. The molecule has 0 bridgehead atoms. The zero-order valence-electron chi connectivity index (χ0n) is 14.3. The first-order chi connectivity index (χ1) is 10.7. The standard InChI is InChI=1S/C22H32/c1-3-18-6-8-19(9-7-18)16-20-10-14-22(15-11-20)21-12-4-17(2)5-13-21/h3-5,12-13,18-20,22H,1,6-11,14-16H2,2H3. The molecule has 3 rings (SSSR count). The summed E-state index contributed by atoms with van der Waals surface area (Å²) in [5, 5.41) is 0. The Kier molecular flexibility index (Phi) is 5.39. The number of aryl methyl sites for hydroxylation is 1. The molecule has 0 aromatic heterocycles. The van der Waals surface area contributed by atoms with Crippen LogP contribution in [0.5, 0.6) is 0 Å². The highest BCUT2D eigenvalue weighted by atomic mass is 14.3. The van der Waals surface area contributed by atoms with Gasteiger partial charge in [0.2, 0.25) is 0 Å². The average molecular weight is 296 g/mol. The summed E-state index contributed by atoms with van der Waals surface area (Å²) in [7, 11) is 0. The van der Waals surface area contributed by atoms with Crippen molar-refractivity contribution >= 4 is 0 Å². The van der Waals surface area contributed by atoms with E-state index in [0.29, 0.717) is 0 Å². The second-order valence-electron chi connectivity index (χ2n) is 7.88. The van der Waals surface area contributed by atoms with E-state index in [1.807, 2.05) is 0 Å². The van der Waals surface area contributed by atoms with Crippen LogP contribution in [0, 0.1) is 24.7 Å². The molecular weight excluding hydrogens is 264 g/mol. The van der Waals surface area contributed by atoms with Crippen LogP contribution >= 0.6 is 0 Å². The molecule has 0 atom stereocenters. The van der Waals surface area contributed by atoms with Crippen molar-refractivity contribution in [3.63, 3.8) is 0 Å². The van der Waals surface area contributed by atoms with E-state index < -0.39 is 0 Å². The summed E-state index contributed by atoms with van der Waals surface area (Å²) in [6.45, 7) is 6.15. The molecule has 2 aliphatic rings. The van der Waals surface area contributed by atoms with Crippen LogP contribution in [0.2, 0.25) is 0 Å². The lowest BCUT2D eigenvalue weighted by Gasteiger charge is -2.33. The fourth-order valence-electron chi connectivity index (χ4n) is 4.70. The minimum absolute atomic E-state index is 0.813. The van der Waals surface area contributed by atoms with Gasteiger partial charge in [-0.3, -0.25) is 0 Å². The Morgan fingerprint density at radius 1 is 0.864 bits per heavy atom. The van der Waals surface area contributed by atoms with Crippen molar-refractivity contribution < 1.29 is 0 Å². The van der Waals surface area contributed by atoms with Gasteiger partial charge in [-0.25, -0.2) is 0 Å². The number of hydrogen-bond donors (Lipinski definition) is 0. The van der Waals surface area contributed by atoms with E-state index in [1.54, 1.807) is 5.56 Å². The first kappa shape index (κ1) is 15.8. The Balaban J connectivity index is 1.44. The number of rotatable bonds is 4. The van der Waals surface area contributed by atoms with Gasteiger partial charge in [0.05, 0.1) is 0 Å². The minimum atomic E-state index is 0.813. The van der Waals surface area contributed by atoms with Gasteiger partial charge in [0.1, 0.15) is 0 Å². The van der Waals surface area contributed by atoms with Crippen molar-refractivity contribution in [3.05, 3.63) is 48.0 Å². The fraction of sp³-hybridized carbons (Fsp3) is 0.636. The van der Waals surface area contributed by atoms with Gasteiger partial charge in [-0.2, -0.15) is 0 Å². The third-order valence-electron chi connectivity index (χ3n) is 6.29. The van der Waals surface area contributed by atoms with Crippen molar-refractivity contribution in [2.24, 2.45) is 17.8 Å². The summed E-state index contributed by atoms with van der Waals surface area (Å²) >= 11 is 0. The molecule has 0 aliphatic heterocycles. The molecule has 0 amide bonds. The van der Waals surface area contributed by atoms with E-state index in [0.717, 1.165) is 23.7 Å². The summed E-state index contributed by atoms with van der Waals surface area (Å²) in [6.07, 6.45) is 15.1. The maximum Gasteiger partial charge on any atom is -0.0162 e. The normalized spacial score (nSPS) is 32.6. The molecule has 0 nitrogen and oxygen atoms in total. The first-order valence-electron chi connectivity index (χ1n) is 9.43. The van der Waals surface area contributed by atoms with Gasteiger partial charge in [-0.15, -0.1) is 6.58 Å². The van der Waals surface area contributed by atoms with Crippen LogP contribution in [0.15, 0.2) is 36.9 Å². The molecule has 2 aliphatic carbocycles. The maximum atomic E-state index is 3.97. The smallest absolute Gasteiger partial charge is 0.0162 e. The van der Waals surface area contributed by atoms with E-state index in [9.17, 15) is 0 Å². The van der Waals surface area contributed by atoms with Gasteiger partial charge in [0.25, 0.3) is 0 Å². The van der Waals surface area contributed by atoms with E-state index in [1.165, 1.54) is 63.4 Å². The van der Waals surface area contributed by atoms with Gasteiger partial charge < -0.3 is 0 Å². The molecule has 22 heavy (non-hydrogen) atoms. The Labute approximate surface area is 137 Å². The Bertz CT molecular complexity index is 453. The van der Waals surface area contributed by atoms with Gasteiger partial charge in [-0.05, 0) is 93.9 Å². The molecule has 1 aromatic carbocycles. The van der Waals surface area contributed by atoms with Crippen LogP contribution in [-0.4, -0.2) is 0 Å². The summed E-state index contributed by atoms with van der Waals surface area (Å²) in [5.74, 6) is 3.66. The predicted octanol–water partition coefficient (Wildman–Crippen LogP) is 6.65. The molecule has 2 saturated carbocycles. The molecule has 2 fully saturated rings. The summed E-state index contributed by atoms with van der Waals surface area (Å²) in [5.41, 5.74) is 2.96. The molecular formula is C22H32. The Morgan fingerprint density at radius 3 is 1.95 bits per heavy atom. The van der Waals surface area contributed by atoms with Crippen LogP contribution in [0.3, 0.4) is 0 Å². The Hall–Kier alpha value is -1.04. The van der Waals surface area contributed by atoms with Crippen molar-refractivity contribution in [1.29, 1.82) is 0 Å². The van der Waals surface area contributed by atoms with Gasteiger partial charge in [-0.1, -0.05) is 35.9 Å². The predicted molar refractivity (Wildman–Crippen MR) is 96.1 cm³/mol. The number of benzene rings is 1. The first-order valence-corrected chi connectivity index (χ1v) is 9.43. The average Bonchev–Trinajstić information content (AvgIpc) is 2.57. The van der Waals surface area contributed by atoms with Crippen LogP contribution in [0.1, 0.15) is 74.8 Å². The summed E-state index contributed by atoms with van der Waals surface area (Å²) < 4.78 is 0. The van der Waals surface area contributed by atoms with Crippen molar-refractivity contribution in [2.45, 2.75) is 70.6 Å². The summed E-state index contributed by atoms with van der Waals surface area (Å²) in [6, 6.07) is 9.27. The molecule has 120 valence electrons. The largest absolute Gasteiger partial charge is 0.103 e. The van der Waals surface area contributed by atoms with Gasteiger partial charge >= 0.3 is 0 Å². The lowest BCUT2D eigenvalue weighted by atomic mass is 9.72. The van der Waals surface area contributed by atoms with Gasteiger partial charge in [0.15, 0.2) is 0 Å². The molecule has 0 heteroatoms. The second-order valence-corrected chi connectivity index (χ2v) is 7.88. The Morgan fingerprint density at radius 2 is 1.41 bits per heavy atom. The van der Waals surface area contributed by atoms with E-state index in [-0.39, 0.29) is 0 Å². The van der Waals surface area contributed by atoms with Crippen LogP contribution in [0.25, 0.3) is 0 Å². The van der Waals surface area contributed by atoms with E-state index in [2.05, 4.69) is 43.8 Å². The topological polar surface area (TPSA) is 0 Å². The molecule has 0 heterocycles. The minimum Gasteiger partial charge on any atom is -0.103 e. The molecule has 0 N–H and O–H groups in total. The summed E-state index contributed by atoms with van der Waals surface area (Å²) in [4.78, 5) is 0. The van der Waals surface area contributed by atoms with E-state index >= 15 is 0 Å². The van der Waals surface area contributed by atoms with Crippen molar-refractivity contribution in [3.8, 4) is 0 Å². The maximum absolute atomic E-state index is 3.97. The van der Waals surface area contributed by atoms with Crippen molar-refractivity contribution in [2.75, 3.05) is 0 Å². The van der Waals surface area contributed by atoms with Crippen molar-refractivity contribution in [1.82, 2.24) is 0 Å². The lowest BCUT2D eigenvalue weighted by molar-refractivity contribution is 0.219.